The standard InChI is InChI=1S/C12H16F3N/c1-10(11-5-3-2-4-6-11)7-8-16-9-12(13,14)15/h2-6,10,16H,7-9H2,1H3. The second-order valence-electron chi connectivity index (χ2n) is 3.89. The van der Waals surface area contributed by atoms with Crippen LogP contribution in [0.4, 0.5) is 13.2 Å². The van der Waals surface area contributed by atoms with E-state index in [-0.39, 0.29) is 5.92 Å². The number of hydrogen-bond acceptors (Lipinski definition) is 1. The molecule has 0 aliphatic heterocycles. The maximum atomic E-state index is 11.8. The average Bonchev–Trinajstić information content (AvgIpc) is 2.24. The van der Waals surface area contributed by atoms with E-state index in [4.69, 9.17) is 0 Å². The lowest BCUT2D eigenvalue weighted by molar-refractivity contribution is -0.124. The van der Waals surface area contributed by atoms with E-state index in [1.165, 1.54) is 0 Å². The molecule has 1 aromatic rings. The number of rotatable bonds is 5. The first-order chi connectivity index (χ1) is 7.49. The molecule has 0 aliphatic carbocycles. The van der Waals surface area contributed by atoms with Crippen LogP contribution in [0.2, 0.25) is 0 Å². The van der Waals surface area contributed by atoms with Crippen LogP contribution in [0.3, 0.4) is 0 Å². The van der Waals surface area contributed by atoms with E-state index in [9.17, 15) is 13.2 Å². The Labute approximate surface area is 93.7 Å². The number of halogens is 3. The normalized spacial score (nSPS) is 13.8. The van der Waals surface area contributed by atoms with E-state index in [0.717, 1.165) is 5.56 Å². The van der Waals surface area contributed by atoms with Crippen LogP contribution in [0.25, 0.3) is 0 Å². The summed E-state index contributed by atoms with van der Waals surface area (Å²) < 4.78 is 35.5. The molecule has 4 heteroatoms. The number of alkyl halides is 3. The minimum Gasteiger partial charge on any atom is -0.309 e. The molecule has 1 atom stereocenters. The minimum atomic E-state index is -4.12. The summed E-state index contributed by atoms with van der Waals surface area (Å²) in [4.78, 5) is 0. The highest BCUT2D eigenvalue weighted by Gasteiger charge is 2.25. The maximum Gasteiger partial charge on any atom is 0.401 e. The van der Waals surface area contributed by atoms with Gasteiger partial charge in [-0.15, -0.1) is 0 Å². The van der Waals surface area contributed by atoms with Crippen molar-refractivity contribution < 1.29 is 13.2 Å². The molecule has 0 radical (unpaired) electrons. The summed E-state index contributed by atoms with van der Waals surface area (Å²) in [6, 6.07) is 9.80. The van der Waals surface area contributed by atoms with Gasteiger partial charge in [-0.05, 0) is 24.4 Å². The highest BCUT2D eigenvalue weighted by Crippen LogP contribution is 2.18. The van der Waals surface area contributed by atoms with Gasteiger partial charge in [0.15, 0.2) is 0 Å². The monoisotopic (exact) mass is 231 g/mol. The fourth-order valence-electron chi connectivity index (χ4n) is 1.50. The van der Waals surface area contributed by atoms with Gasteiger partial charge >= 0.3 is 6.18 Å². The van der Waals surface area contributed by atoms with E-state index < -0.39 is 12.7 Å². The van der Waals surface area contributed by atoms with Crippen LogP contribution in [-0.2, 0) is 0 Å². The summed E-state index contributed by atoms with van der Waals surface area (Å²) in [5, 5.41) is 2.40. The Hall–Kier alpha value is -1.03. The predicted molar refractivity (Wildman–Crippen MR) is 58.4 cm³/mol. The van der Waals surface area contributed by atoms with Crippen LogP contribution in [-0.4, -0.2) is 19.3 Å². The van der Waals surface area contributed by atoms with E-state index in [1.807, 2.05) is 37.3 Å². The average molecular weight is 231 g/mol. The summed E-state index contributed by atoms with van der Waals surface area (Å²) in [5.41, 5.74) is 1.16. The van der Waals surface area contributed by atoms with Gasteiger partial charge in [-0.1, -0.05) is 37.3 Å². The lowest BCUT2D eigenvalue weighted by atomic mass is 9.98. The smallest absolute Gasteiger partial charge is 0.309 e. The third-order valence-electron chi connectivity index (χ3n) is 2.45. The minimum absolute atomic E-state index is 0.280. The molecule has 1 rings (SSSR count). The van der Waals surface area contributed by atoms with Crippen LogP contribution in [0.5, 0.6) is 0 Å². The highest BCUT2D eigenvalue weighted by molar-refractivity contribution is 5.18. The van der Waals surface area contributed by atoms with E-state index >= 15 is 0 Å². The van der Waals surface area contributed by atoms with Crippen molar-refractivity contribution in [1.82, 2.24) is 5.32 Å². The molecule has 0 amide bonds. The zero-order valence-electron chi connectivity index (χ0n) is 9.22. The molecular formula is C12H16F3N. The number of nitrogens with one attached hydrogen (secondary N) is 1. The first-order valence-corrected chi connectivity index (χ1v) is 5.31. The second kappa shape index (κ2) is 5.89. The van der Waals surface area contributed by atoms with Crippen LogP contribution in [0.15, 0.2) is 30.3 Å². The Morgan fingerprint density at radius 3 is 2.38 bits per heavy atom. The molecule has 1 aromatic carbocycles. The molecule has 1 nitrogen and oxygen atoms in total. The Morgan fingerprint density at radius 2 is 1.81 bits per heavy atom. The Kier molecular flexibility index (Phi) is 4.80. The third kappa shape index (κ3) is 5.16. The molecule has 0 aliphatic rings. The summed E-state index contributed by atoms with van der Waals surface area (Å²) >= 11 is 0. The Bertz CT molecular complexity index is 295. The number of hydrogen-bond donors (Lipinski definition) is 1. The van der Waals surface area contributed by atoms with Gasteiger partial charge in [-0.25, -0.2) is 0 Å². The number of benzene rings is 1. The van der Waals surface area contributed by atoms with Gasteiger partial charge in [-0.2, -0.15) is 13.2 Å². The first kappa shape index (κ1) is 13.0. The molecule has 90 valence electrons. The van der Waals surface area contributed by atoms with E-state index in [1.54, 1.807) is 0 Å². The highest BCUT2D eigenvalue weighted by atomic mass is 19.4. The van der Waals surface area contributed by atoms with Crippen molar-refractivity contribution in [2.75, 3.05) is 13.1 Å². The van der Waals surface area contributed by atoms with Gasteiger partial charge in [0.1, 0.15) is 0 Å². The van der Waals surface area contributed by atoms with Gasteiger partial charge in [0.05, 0.1) is 6.54 Å². The molecule has 0 fully saturated rings. The topological polar surface area (TPSA) is 12.0 Å². The van der Waals surface area contributed by atoms with Gasteiger partial charge in [0.2, 0.25) is 0 Å². The van der Waals surface area contributed by atoms with E-state index in [2.05, 4.69) is 5.32 Å². The summed E-state index contributed by atoms with van der Waals surface area (Å²) in [6.07, 6.45) is -3.41. The molecule has 16 heavy (non-hydrogen) atoms. The van der Waals surface area contributed by atoms with Crippen molar-refractivity contribution in [3.05, 3.63) is 35.9 Å². The van der Waals surface area contributed by atoms with E-state index in [0.29, 0.717) is 13.0 Å². The molecule has 0 aromatic heterocycles. The Morgan fingerprint density at radius 1 is 1.19 bits per heavy atom. The zero-order valence-corrected chi connectivity index (χ0v) is 9.22. The zero-order chi connectivity index (χ0) is 12.0. The van der Waals surface area contributed by atoms with Crippen molar-refractivity contribution in [3.63, 3.8) is 0 Å². The van der Waals surface area contributed by atoms with Crippen LogP contribution >= 0.6 is 0 Å². The molecular weight excluding hydrogens is 215 g/mol. The van der Waals surface area contributed by atoms with Gasteiger partial charge in [-0.3, -0.25) is 0 Å². The van der Waals surface area contributed by atoms with Crippen LogP contribution in [0.1, 0.15) is 24.8 Å². The quantitative estimate of drug-likeness (QED) is 0.766. The van der Waals surface area contributed by atoms with Gasteiger partial charge in [0, 0.05) is 0 Å². The Balaban J connectivity index is 2.24. The second-order valence-corrected chi connectivity index (χ2v) is 3.89. The molecule has 0 heterocycles. The largest absolute Gasteiger partial charge is 0.401 e. The summed E-state index contributed by atoms with van der Waals surface area (Å²) in [7, 11) is 0. The molecule has 0 saturated heterocycles. The SMILES string of the molecule is CC(CCNCC(F)(F)F)c1ccccc1. The van der Waals surface area contributed by atoms with Gasteiger partial charge in [0.25, 0.3) is 0 Å². The predicted octanol–water partition coefficient (Wildman–Crippen LogP) is 3.33. The molecule has 0 bridgehead atoms. The molecule has 1 unspecified atom stereocenters. The lowest BCUT2D eigenvalue weighted by Gasteiger charge is -2.13. The fourth-order valence-corrected chi connectivity index (χ4v) is 1.50. The molecule has 0 saturated carbocycles. The van der Waals surface area contributed by atoms with Crippen molar-refractivity contribution >= 4 is 0 Å². The van der Waals surface area contributed by atoms with Crippen LogP contribution < -0.4 is 5.32 Å². The summed E-state index contributed by atoms with van der Waals surface area (Å²) in [5.74, 6) is 0.280. The fraction of sp³-hybridized carbons (Fsp3) is 0.500. The summed E-state index contributed by atoms with van der Waals surface area (Å²) in [6.45, 7) is 1.49. The van der Waals surface area contributed by atoms with Gasteiger partial charge < -0.3 is 5.32 Å². The lowest BCUT2D eigenvalue weighted by Crippen LogP contribution is -2.29. The molecule has 0 spiro atoms. The molecule has 1 N–H and O–H groups in total. The van der Waals surface area contributed by atoms with Crippen molar-refractivity contribution in [1.29, 1.82) is 0 Å². The van der Waals surface area contributed by atoms with Crippen molar-refractivity contribution in [3.8, 4) is 0 Å². The first-order valence-electron chi connectivity index (χ1n) is 5.31. The third-order valence-corrected chi connectivity index (χ3v) is 2.45. The maximum absolute atomic E-state index is 11.8. The van der Waals surface area contributed by atoms with Crippen molar-refractivity contribution in [2.45, 2.75) is 25.4 Å². The van der Waals surface area contributed by atoms with Crippen molar-refractivity contribution in [2.24, 2.45) is 0 Å². The van der Waals surface area contributed by atoms with Crippen LogP contribution in [0, 0.1) is 0 Å².